The lowest BCUT2D eigenvalue weighted by molar-refractivity contribution is -0.145. The SMILES string of the molecule is N#Cc1cc(F)c(CN2CCc3nc(C(F)(F)F)[nH]c(=O)c3C2)c(F)c1. The van der Waals surface area contributed by atoms with Gasteiger partial charge in [-0.2, -0.15) is 18.4 Å². The first-order valence-corrected chi connectivity index (χ1v) is 7.48. The second-order valence-electron chi connectivity index (χ2n) is 5.83. The fourth-order valence-electron chi connectivity index (χ4n) is 2.79. The van der Waals surface area contributed by atoms with Crippen LogP contribution >= 0.6 is 0 Å². The Morgan fingerprint density at radius 3 is 2.50 bits per heavy atom. The lowest BCUT2D eigenvalue weighted by Crippen LogP contribution is -2.37. The van der Waals surface area contributed by atoms with Crippen LogP contribution in [0.1, 0.15) is 28.2 Å². The summed E-state index contributed by atoms with van der Waals surface area (Å²) in [6.45, 7) is -0.0996. The van der Waals surface area contributed by atoms with E-state index in [1.54, 1.807) is 11.1 Å². The van der Waals surface area contributed by atoms with Gasteiger partial charge in [0.15, 0.2) is 0 Å². The van der Waals surface area contributed by atoms with Crippen LogP contribution < -0.4 is 5.56 Å². The quantitative estimate of drug-likeness (QED) is 0.825. The molecule has 1 aliphatic heterocycles. The monoisotopic (exact) mass is 370 g/mol. The number of aromatic amines is 1. The van der Waals surface area contributed by atoms with Crippen LogP contribution in [0.3, 0.4) is 0 Å². The van der Waals surface area contributed by atoms with Gasteiger partial charge in [0.05, 0.1) is 22.9 Å². The van der Waals surface area contributed by atoms with Crippen LogP contribution in [0.4, 0.5) is 22.0 Å². The third-order valence-electron chi connectivity index (χ3n) is 4.07. The normalized spacial score (nSPS) is 14.8. The number of nitrogens with one attached hydrogen (secondary N) is 1. The topological polar surface area (TPSA) is 72.8 Å². The van der Waals surface area contributed by atoms with Gasteiger partial charge in [-0.15, -0.1) is 0 Å². The van der Waals surface area contributed by atoms with Gasteiger partial charge in [-0.1, -0.05) is 0 Å². The molecule has 5 nitrogen and oxygen atoms in total. The predicted molar refractivity (Wildman–Crippen MR) is 78.8 cm³/mol. The molecule has 1 aromatic carbocycles. The molecule has 1 aliphatic rings. The van der Waals surface area contributed by atoms with Crippen molar-refractivity contribution in [2.24, 2.45) is 0 Å². The van der Waals surface area contributed by atoms with E-state index in [9.17, 15) is 26.7 Å². The summed E-state index contributed by atoms with van der Waals surface area (Å²) in [5.41, 5.74) is -1.29. The van der Waals surface area contributed by atoms with Crippen molar-refractivity contribution in [3.8, 4) is 6.07 Å². The van der Waals surface area contributed by atoms with Gasteiger partial charge in [-0.3, -0.25) is 9.69 Å². The summed E-state index contributed by atoms with van der Waals surface area (Å²) < 4.78 is 66.1. The zero-order valence-electron chi connectivity index (χ0n) is 13.1. The van der Waals surface area contributed by atoms with Crippen LogP contribution in [0.15, 0.2) is 16.9 Å². The number of halogens is 5. The highest BCUT2D eigenvalue weighted by Crippen LogP contribution is 2.27. The second-order valence-corrected chi connectivity index (χ2v) is 5.83. The molecule has 26 heavy (non-hydrogen) atoms. The fraction of sp³-hybridized carbons (Fsp3) is 0.312. The Bertz CT molecular complexity index is 938. The van der Waals surface area contributed by atoms with E-state index >= 15 is 0 Å². The number of hydrogen-bond acceptors (Lipinski definition) is 4. The molecule has 0 spiro atoms. The van der Waals surface area contributed by atoms with Gasteiger partial charge in [-0.05, 0) is 12.1 Å². The van der Waals surface area contributed by atoms with Gasteiger partial charge < -0.3 is 4.98 Å². The van der Waals surface area contributed by atoms with E-state index in [2.05, 4.69) is 4.98 Å². The van der Waals surface area contributed by atoms with E-state index in [4.69, 9.17) is 5.26 Å². The van der Waals surface area contributed by atoms with Crippen LogP contribution in [-0.2, 0) is 25.7 Å². The maximum atomic E-state index is 14.0. The number of aromatic nitrogens is 2. The molecule has 0 amide bonds. The minimum absolute atomic E-state index is 0.0260. The molecule has 0 fully saturated rings. The zero-order valence-corrected chi connectivity index (χ0v) is 13.1. The van der Waals surface area contributed by atoms with Gasteiger partial charge in [-0.25, -0.2) is 13.8 Å². The average Bonchev–Trinajstić information content (AvgIpc) is 2.57. The summed E-state index contributed by atoms with van der Waals surface area (Å²) in [4.78, 5) is 18.6. The highest BCUT2D eigenvalue weighted by Gasteiger charge is 2.36. The summed E-state index contributed by atoms with van der Waals surface area (Å²) in [5.74, 6) is -3.16. The van der Waals surface area contributed by atoms with Gasteiger partial charge >= 0.3 is 6.18 Å². The summed E-state index contributed by atoms with van der Waals surface area (Å²) in [5, 5.41) is 8.70. The van der Waals surface area contributed by atoms with Crippen LogP contribution in [0.5, 0.6) is 0 Å². The lowest BCUT2D eigenvalue weighted by Gasteiger charge is -2.28. The third kappa shape index (κ3) is 3.43. The Kier molecular flexibility index (Phi) is 4.50. The molecule has 2 heterocycles. The van der Waals surface area contributed by atoms with E-state index in [0.717, 1.165) is 12.1 Å². The first-order valence-electron chi connectivity index (χ1n) is 7.48. The number of fused-ring (bicyclic) bond motifs is 1. The van der Waals surface area contributed by atoms with Gasteiger partial charge in [0.25, 0.3) is 5.56 Å². The molecule has 10 heteroatoms. The molecular weight excluding hydrogens is 359 g/mol. The molecule has 0 radical (unpaired) electrons. The van der Waals surface area contributed by atoms with E-state index in [1.165, 1.54) is 4.90 Å². The number of hydrogen-bond donors (Lipinski definition) is 1. The van der Waals surface area contributed by atoms with Crippen molar-refractivity contribution < 1.29 is 22.0 Å². The molecule has 1 aromatic heterocycles. The molecule has 3 rings (SSSR count). The van der Waals surface area contributed by atoms with Gasteiger partial charge in [0, 0.05) is 31.6 Å². The lowest BCUT2D eigenvalue weighted by atomic mass is 10.0. The number of nitriles is 1. The molecule has 0 bridgehead atoms. The van der Waals surface area contributed by atoms with Crippen molar-refractivity contribution in [2.75, 3.05) is 6.54 Å². The standard InChI is InChI=1S/C16H11F5N4O/c17-11-3-8(5-22)4-12(18)9(11)6-25-2-1-13-10(7-25)14(26)24-15(23-13)16(19,20)21/h3-4H,1-2,6-7H2,(H,23,24,26). The van der Waals surface area contributed by atoms with Crippen molar-refractivity contribution >= 4 is 0 Å². The first kappa shape index (κ1) is 18.0. The van der Waals surface area contributed by atoms with Crippen molar-refractivity contribution in [3.05, 3.63) is 62.3 Å². The van der Waals surface area contributed by atoms with Gasteiger partial charge in [0.2, 0.25) is 5.82 Å². The van der Waals surface area contributed by atoms with Crippen LogP contribution in [0, 0.1) is 23.0 Å². The Hall–Kier alpha value is -2.80. The molecule has 136 valence electrons. The highest BCUT2D eigenvalue weighted by molar-refractivity contribution is 5.34. The molecule has 0 saturated heterocycles. The minimum Gasteiger partial charge on any atom is -0.303 e. The van der Waals surface area contributed by atoms with E-state index in [1.807, 2.05) is 0 Å². The molecule has 0 atom stereocenters. The van der Waals surface area contributed by atoms with Crippen molar-refractivity contribution in [3.63, 3.8) is 0 Å². The van der Waals surface area contributed by atoms with Crippen LogP contribution in [-0.4, -0.2) is 21.4 Å². The molecule has 1 N–H and O–H groups in total. The highest BCUT2D eigenvalue weighted by atomic mass is 19.4. The third-order valence-corrected chi connectivity index (χ3v) is 4.07. The molecule has 0 saturated carbocycles. The van der Waals surface area contributed by atoms with E-state index in [0.29, 0.717) is 0 Å². The summed E-state index contributed by atoms with van der Waals surface area (Å²) in [6.07, 6.45) is -4.72. The zero-order chi connectivity index (χ0) is 19.1. The minimum atomic E-state index is -4.76. The number of alkyl halides is 3. The van der Waals surface area contributed by atoms with E-state index < -0.39 is 29.2 Å². The summed E-state index contributed by atoms with van der Waals surface area (Å²) in [7, 11) is 0. The maximum absolute atomic E-state index is 14.0. The Morgan fingerprint density at radius 2 is 1.92 bits per heavy atom. The second kappa shape index (κ2) is 6.49. The van der Waals surface area contributed by atoms with Crippen molar-refractivity contribution in [1.29, 1.82) is 5.26 Å². The number of rotatable bonds is 2. The molecule has 0 aliphatic carbocycles. The summed E-state index contributed by atoms with van der Waals surface area (Å²) in [6, 6.07) is 3.44. The molecular formula is C16H11F5N4O. The Balaban J connectivity index is 1.86. The fourth-order valence-corrected chi connectivity index (χ4v) is 2.79. The number of H-pyrrole nitrogens is 1. The summed E-state index contributed by atoms with van der Waals surface area (Å²) >= 11 is 0. The van der Waals surface area contributed by atoms with Crippen LogP contribution in [0.25, 0.3) is 0 Å². The first-order chi connectivity index (χ1) is 12.2. The smallest absolute Gasteiger partial charge is 0.303 e. The molecule has 0 unspecified atom stereocenters. The predicted octanol–water partition coefficient (Wildman–Crippen LogP) is 2.50. The van der Waals surface area contributed by atoms with Gasteiger partial charge in [0.1, 0.15) is 11.6 Å². The van der Waals surface area contributed by atoms with Crippen molar-refractivity contribution in [1.82, 2.24) is 14.9 Å². The van der Waals surface area contributed by atoms with E-state index in [-0.39, 0.29) is 48.4 Å². The number of nitrogens with zero attached hydrogens (tertiary/aromatic N) is 3. The Morgan fingerprint density at radius 1 is 1.27 bits per heavy atom. The van der Waals surface area contributed by atoms with Crippen molar-refractivity contribution in [2.45, 2.75) is 25.7 Å². The number of benzene rings is 1. The average molecular weight is 370 g/mol. The Labute approximate surface area is 143 Å². The largest absolute Gasteiger partial charge is 0.449 e. The molecule has 2 aromatic rings. The maximum Gasteiger partial charge on any atom is 0.449 e. The van der Waals surface area contributed by atoms with Crippen LogP contribution in [0.2, 0.25) is 0 Å².